The molecule has 0 aliphatic carbocycles. The van der Waals surface area contributed by atoms with Crippen LogP contribution < -0.4 is 11.5 Å². The molecule has 0 bridgehead atoms. The van der Waals surface area contributed by atoms with Crippen molar-refractivity contribution < 1.29 is 0 Å². The van der Waals surface area contributed by atoms with Gasteiger partial charge in [0, 0.05) is 19.5 Å². The molecular formula is C22H30N6. The normalized spacial score (nSPS) is 11.9. The largest absolute Gasteiger partial charge is 0.380 e. The van der Waals surface area contributed by atoms with Gasteiger partial charge in [-0.25, -0.2) is 4.98 Å². The van der Waals surface area contributed by atoms with E-state index >= 15 is 0 Å². The maximum atomic E-state index is 6.14. The minimum Gasteiger partial charge on any atom is -0.380 e. The van der Waals surface area contributed by atoms with Crippen LogP contribution in [0.3, 0.4) is 0 Å². The number of benzene rings is 1. The highest BCUT2D eigenvalue weighted by atomic mass is 15.2. The molecule has 0 aliphatic heterocycles. The van der Waals surface area contributed by atoms with Crippen LogP contribution in [0.15, 0.2) is 30.3 Å². The van der Waals surface area contributed by atoms with E-state index in [9.17, 15) is 0 Å². The Bertz CT molecular complexity index is 953. The summed E-state index contributed by atoms with van der Waals surface area (Å²) in [6.45, 7) is 7.73. The first-order valence-electron chi connectivity index (χ1n) is 10.0. The van der Waals surface area contributed by atoms with Crippen LogP contribution in [-0.2, 0) is 19.5 Å². The molecule has 0 spiro atoms. The van der Waals surface area contributed by atoms with Crippen molar-refractivity contribution in [3.8, 4) is 0 Å². The number of hydrogen-bond acceptors (Lipinski definition) is 5. The number of imidazole rings is 1. The third kappa shape index (κ3) is 4.39. The number of nitrogens with zero attached hydrogens (tertiary/aromatic N) is 4. The van der Waals surface area contributed by atoms with E-state index in [1.807, 2.05) is 6.08 Å². The van der Waals surface area contributed by atoms with Crippen molar-refractivity contribution in [2.45, 2.75) is 53.1 Å². The van der Waals surface area contributed by atoms with E-state index in [1.54, 1.807) is 0 Å². The van der Waals surface area contributed by atoms with Crippen LogP contribution in [0.2, 0.25) is 0 Å². The number of nitrogen functional groups attached to an aromatic ring is 1. The molecule has 3 aromatic rings. The van der Waals surface area contributed by atoms with E-state index < -0.39 is 0 Å². The van der Waals surface area contributed by atoms with E-state index in [2.05, 4.69) is 65.9 Å². The van der Waals surface area contributed by atoms with Crippen molar-refractivity contribution in [3.63, 3.8) is 0 Å². The molecular weight excluding hydrogens is 348 g/mol. The monoisotopic (exact) mass is 378 g/mol. The average molecular weight is 379 g/mol. The number of hydrogen-bond donors (Lipinski definition) is 2. The van der Waals surface area contributed by atoms with Gasteiger partial charge in [0.25, 0.3) is 0 Å². The van der Waals surface area contributed by atoms with E-state index in [0.29, 0.717) is 24.8 Å². The van der Waals surface area contributed by atoms with E-state index in [4.69, 9.17) is 16.5 Å². The predicted molar refractivity (Wildman–Crippen MR) is 116 cm³/mol. The van der Waals surface area contributed by atoms with Crippen LogP contribution in [0, 0.1) is 5.92 Å². The minimum absolute atomic E-state index is 0.381. The van der Waals surface area contributed by atoms with Gasteiger partial charge in [-0.2, -0.15) is 0 Å². The van der Waals surface area contributed by atoms with Gasteiger partial charge in [0.05, 0.1) is 0 Å². The van der Waals surface area contributed by atoms with Crippen molar-refractivity contribution in [2.24, 2.45) is 11.7 Å². The number of anilines is 1. The smallest absolute Gasteiger partial charge is 0.174 e. The fourth-order valence-electron chi connectivity index (χ4n) is 3.20. The molecule has 1 aromatic carbocycles. The molecule has 0 atom stereocenters. The van der Waals surface area contributed by atoms with Crippen LogP contribution in [-0.4, -0.2) is 19.7 Å². The Balaban J connectivity index is 2.13. The zero-order chi connectivity index (χ0) is 20.1. The Morgan fingerprint density at radius 2 is 1.82 bits per heavy atom. The Hall–Kier alpha value is -2.73. The third-order valence-electron chi connectivity index (χ3n) is 4.79. The molecule has 0 aliphatic rings. The van der Waals surface area contributed by atoms with Crippen molar-refractivity contribution in [1.29, 1.82) is 0 Å². The topological polar surface area (TPSA) is 95.6 Å². The summed E-state index contributed by atoms with van der Waals surface area (Å²) >= 11 is 0. The molecule has 0 saturated heterocycles. The van der Waals surface area contributed by atoms with Crippen molar-refractivity contribution in [1.82, 2.24) is 19.7 Å². The summed E-state index contributed by atoms with van der Waals surface area (Å²) in [6, 6.07) is 8.40. The lowest BCUT2D eigenvalue weighted by Gasteiger charge is -2.11. The molecule has 0 saturated carbocycles. The van der Waals surface area contributed by atoms with Gasteiger partial charge in [0.15, 0.2) is 5.82 Å². The van der Waals surface area contributed by atoms with Crippen LogP contribution in [0.1, 0.15) is 56.3 Å². The summed E-state index contributed by atoms with van der Waals surface area (Å²) in [6.07, 6.45) is 7.24. The molecule has 3 rings (SSSR count). The van der Waals surface area contributed by atoms with Gasteiger partial charge in [-0.05, 0) is 29.5 Å². The van der Waals surface area contributed by atoms with Gasteiger partial charge < -0.3 is 16.0 Å². The zero-order valence-electron chi connectivity index (χ0n) is 17.0. The highest BCUT2D eigenvalue weighted by molar-refractivity contribution is 5.90. The van der Waals surface area contributed by atoms with Crippen LogP contribution in [0.5, 0.6) is 0 Å². The number of unbranched alkanes of at least 4 members (excludes halogenated alkanes) is 1. The minimum atomic E-state index is 0.381. The molecule has 4 N–H and O–H groups in total. The summed E-state index contributed by atoms with van der Waals surface area (Å²) in [5.41, 5.74) is 16.7. The quantitative estimate of drug-likeness (QED) is 0.619. The lowest BCUT2D eigenvalue weighted by molar-refractivity contribution is 0.689. The summed E-state index contributed by atoms with van der Waals surface area (Å²) in [5.74, 6) is 1.83. The summed E-state index contributed by atoms with van der Waals surface area (Å²) < 4.78 is 2.24. The highest BCUT2D eigenvalue weighted by Gasteiger charge is 2.17. The lowest BCUT2D eigenvalue weighted by Crippen LogP contribution is -2.07. The summed E-state index contributed by atoms with van der Waals surface area (Å²) in [7, 11) is 0. The molecule has 28 heavy (non-hydrogen) atoms. The second-order valence-electron chi connectivity index (χ2n) is 7.51. The highest BCUT2D eigenvalue weighted by Crippen LogP contribution is 2.26. The standard InChI is InChI=1S/C22H30N6/c1-4-5-6-19-25-20-21(18(12-7-15(2)3)26-27-22(20)24)28(19)14-17-10-8-16(13-23)9-11-17/h7-12,15H,4-6,13-14,23H2,1-3H3,(H2,24,27). The Kier molecular flexibility index (Phi) is 6.41. The second-order valence-corrected chi connectivity index (χ2v) is 7.51. The first-order valence-corrected chi connectivity index (χ1v) is 10.0. The van der Waals surface area contributed by atoms with Crippen molar-refractivity contribution >= 4 is 22.9 Å². The fraction of sp³-hybridized carbons (Fsp3) is 0.409. The number of aryl methyl sites for hydroxylation is 1. The lowest BCUT2D eigenvalue weighted by atomic mass is 10.1. The van der Waals surface area contributed by atoms with Gasteiger partial charge in [-0.15, -0.1) is 10.2 Å². The van der Waals surface area contributed by atoms with Gasteiger partial charge >= 0.3 is 0 Å². The van der Waals surface area contributed by atoms with Gasteiger partial charge in [0.1, 0.15) is 22.6 Å². The average Bonchev–Trinajstić information content (AvgIpc) is 3.05. The van der Waals surface area contributed by atoms with Crippen LogP contribution in [0.4, 0.5) is 5.82 Å². The Morgan fingerprint density at radius 1 is 1.11 bits per heavy atom. The molecule has 0 unspecified atom stereocenters. The number of nitrogens with two attached hydrogens (primary N) is 2. The number of aromatic nitrogens is 4. The van der Waals surface area contributed by atoms with Gasteiger partial charge in [-0.1, -0.05) is 57.5 Å². The molecule has 0 amide bonds. The first-order chi connectivity index (χ1) is 13.5. The number of fused-ring (bicyclic) bond motifs is 1. The van der Waals surface area contributed by atoms with Crippen molar-refractivity contribution in [2.75, 3.05) is 5.73 Å². The molecule has 2 heterocycles. The molecule has 2 aromatic heterocycles. The Labute approximate surface area is 166 Å². The van der Waals surface area contributed by atoms with Crippen LogP contribution >= 0.6 is 0 Å². The van der Waals surface area contributed by atoms with Gasteiger partial charge in [0.2, 0.25) is 0 Å². The zero-order valence-corrected chi connectivity index (χ0v) is 17.0. The number of rotatable bonds is 8. The van der Waals surface area contributed by atoms with E-state index in [0.717, 1.165) is 47.4 Å². The fourth-order valence-corrected chi connectivity index (χ4v) is 3.20. The van der Waals surface area contributed by atoms with Crippen molar-refractivity contribution in [3.05, 3.63) is 53.0 Å². The molecule has 148 valence electrons. The molecule has 6 nitrogen and oxygen atoms in total. The third-order valence-corrected chi connectivity index (χ3v) is 4.79. The van der Waals surface area contributed by atoms with Crippen LogP contribution in [0.25, 0.3) is 17.1 Å². The van der Waals surface area contributed by atoms with Gasteiger partial charge in [-0.3, -0.25) is 0 Å². The maximum Gasteiger partial charge on any atom is 0.174 e. The molecule has 0 radical (unpaired) electrons. The van der Waals surface area contributed by atoms with E-state index in [-0.39, 0.29) is 0 Å². The maximum absolute atomic E-state index is 6.14. The molecule has 0 fully saturated rings. The predicted octanol–water partition coefficient (Wildman–Crippen LogP) is 3.93. The van der Waals surface area contributed by atoms with E-state index in [1.165, 1.54) is 5.56 Å². The number of allylic oxidation sites excluding steroid dienone is 1. The summed E-state index contributed by atoms with van der Waals surface area (Å²) in [4.78, 5) is 4.85. The second kappa shape index (κ2) is 8.97. The molecule has 6 heteroatoms. The Morgan fingerprint density at radius 3 is 2.46 bits per heavy atom. The summed E-state index contributed by atoms with van der Waals surface area (Å²) in [5, 5.41) is 8.50. The first kappa shape index (κ1) is 20.0. The SMILES string of the molecule is CCCCc1nc2c(N)nnc(C=CC(C)C)c2n1Cc1ccc(CN)cc1.